The van der Waals surface area contributed by atoms with Crippen LogP contribution in [0.2, 0.25) is 5.02 Å². The van der Waals surface area contributed by atoms with Gasteiger partial charge in [0.2, 0.25) is 0 Å². The van der Waals surface area contributed by atoms with Crippen LogP contribution < -0.4 is 20.7 Å². The molecule has 0 aliphatic rings. The molecule has 0 aliphatic carbocycles. The minimum Gasteiger partial charge on any atom is -0.457 e. The fourth-order valence-corrected chi connectivity index (χ4v) is 2.88. The highest BCUT2D eigenvalue weighted by atomic mass is 35.5. The Kier molecular flexibility index (Phi) is 8.44. The van der Waals surface area contributed by atoms with Crippen LogP contribution in [0.25, 0.3) is 0 Å². The van der Waals surface area contributed by atoms with Gasteiger partial charge in [0.25, 0.3) is 5.91 Å². The first-order valence-corrected chi connectivity index (χ1v) is 9.55. The molecule has 0 spiro atoms. The SMILES string of the molecule is CNC(=O)c1cc(Oc2ccc(NCNc3ccc(Cl)c(C(F)(F)F)c3)c(F)c2)ccn1.O. The van der Waals surface area contributed by atoms with E-state index in [0.29, 0.717) is 5.75 Å². The summed E-state index contributed by atoms with van der Waals surface area (Å²) in [6.07, 6.45) is -3.20. The molecule has 1 amide bonds. The maximum Gasteiger partial charge on any atom is 0.417 e. The van der Waals surface area contributed by atoms with Crippen LogP contribution in [0.3, 0.4) is 0 Å². The topological polar surface area (TPSA) is 107 Å². The second kappa shape index (κ2) is 10.8. The van der Waals surface area contributed by atoms with E-state index in [4.69, 9.17) is 16.3 Å². The Bertz CT molecular complexity index is 1130. The molecule has 1 heterocycles. The average molecular weight is 487 g/mol. The number of anilines is 2. The quantitative estimate of drug-likeness (QED) is 0.331. The van der Waals surface area contributed by atoms with Crippen LogP contribution in [0.15, 0.2) is 54.7 Å². The lowest BCUT2D eigenvalue weighted by molar-refractivity contribution is -0.137. The summed E-state index contributed by atoms with van der Waals surface area (Å²) in [6, 6.07) is 10.4. The summed E-state index contributed by atoms with van der Waals surface area (Å²) in [5.74, 6) is -0.556. The third-order valence-corrected chi connectivity index (χ3v) is 4.54. The lowest BCUT2D eigenvalue weighted by Gasteiger charge is -2.14. The maximum absolute atomic E-state index is 14.4. The summed E-state index contributed by atoms with van der Waals surface area (Å²) in [5.41, 5.74) is -0.548. The summed E-state index contributed by atoms with van der Waals surface area (Å²) in [4.78, 5) is 15.6. The van der Waals surface area contributed by atoms with Crippen LogP contribution in [-0.4, -0.2) is 30.1 Å². The molecule has 7 nitrogen and oxygen atoms in total. The van der Waals surface area contributed by atoms with Crippen molar-refractivity contribution in [3.8, 4) is 11.5 Å². The van der Waals surface area contributed by atoms with Gasteiger partial charge in [-0.15, -0.1) is 0 Å². The van der Waals surface area contributed by atoms with Crippen LogP contribution in [-0.2, 0) is 6.18 Å². The minimum absolute atomic E-state index is 0. The summed E-state index contributed by atoms with van der Waals surface area (Å²) < 4.78 is 58.7. The molecule has 0 saturated carbocycles. The Hall–Kier alpha value is -3.57. The van der Waals surface area contributed by atoms with Gasteiger partial charge in [0.1, 0.15) is 23.0 Å². The standard InChI is InChI=1S/C21H17ClF4N4O2.H2O/c1-27-20(31)19-10-14(6-7-28-19)32-13-3-5-18(17(23)9-13)30-11-29-12-2-4-16(22)15(8-12)21(24,25)26;/h2-10,29-30H,11H2,1H3,(H,27,31);1H2. The predicted molar refractivity (Wildman–Crippen MR) is 116 cm³/mol. The number of aromatic nitrogens is 1. The van der Waals surface area contributed by atoms with Crippen LogP contribution in [0, 0.1) is 5.82 Å². The number of ether oxygens (including phenoxy) is 1. The van der Waals surface area contributed by atoms with Crippen molar-refractivity contribution in [2.24, 2.45) is 0 Å². The third kappa shape index (κ3) is 6.70. The number of alkyl halides is 3. The Morgan fingerprint density at radius 3 is 2.45 bits per heavy atom. The molecule has 0 saturated heterocycles. The minimum atomic E-state index is -4.58. The van der Waals surface area contributed by atoms with Crippen molar-refractivity contribution >= 4 is 28.9 Å². The highest BCUT2D eigenvalue weighted by Crippen LogP contribution is 2.36. The number of carbonyl (C=O) groups excluding carboxylic acids is 1. The number of pyridine rings is 1. The Morgan fingerprint density at radius 2 is 1.79 bits per heavy atom. The van der Waals surface area contributed by atoms with Gasteiger partial charge in [-0.1, -0.05) is 11.6 Å². The van der Waals surface area contributed by atoms with E-state index in [1.807, 2.05) is 0 Å². The lowest BCUT2D eigenvalue weighted by atomic mass is 10.2. The number of amides is 1. The Labute approximate surface area is 191 Å². The molecule has 0 unspecified atom stereocenters. The summed E-state index contributed by atoms with van der Waals surface area (Å²) >= 11 is 5.59. The second-order valence-electron chi connectivity index (χ2n) is 6.42. The van der Waals surface area contributed by atoms with Crippen LogP contribution in [0.1, 0.15) is 16.1 Å². The van der Waals surface area contributed by atoms with Crippen molar-refractivity contribution < 1.29 is 32.6 Å². The number of carbonyl (C=O) groups is 1. The van der Waals surface area contributed by atoms with Crippen molar-refractivity contribution in [1.29, 1.82) is 0 Å². The van der Waals surface area contributed by atoms with Crippen molar-refractivity contribution in [3.63, 3.8) is 0 Å². The average Bonchev–Trinajstić information content (AvgIpc) is 2.75. The maximum atomic E-state index is 14.4. The van der Waals surface area contributed by atoms with E-state index in [9.17, 15) is 22.4 Å². The number of hydrogen-bond acceptors (Lipinski definition) is 5. The van der Waals surface area contributed by atoms with Crippen LogP contribution >= 0.6 is 11.6 Å². The fourth-order valence-electron chi connectivity index (χ4n) is 2.66. The molecule has 176 valence electrons. The van der Waals surface area contributed by atoms with E-state index in [1.165, 1.54) is 43.6 Å². The summed E-state index contributed by atoms with van der Waals surface area (Å²) in [6.45, 7) is -0.0457. The Morgan fingerprint density at radius 1 is 1.06 bits per heavy atom. The molecule has 3 rings (SSSR count). The molecule has 0 atom stereocenters. The van der Waals surface area contributed by atoms with E-state index in [-0.39, 0.29) is 35.0 Å². The first-order chi connectivity index (χ1) is 15.2. The van der Waals surface area contributed by atoms with Gasteiger partial charge in [0.15, 0.2) is 0 Å². The van der Waals surface area contributed by atoms with Gasteiger partial charge < -0.3 is 26.2 Å². The van der Waals surface area contributed by atoms with E-state index in [0.717, 1.165) is 18.2 Å². The van der Waals surface area contributed by atoms with Crippen LogP contribution in [0.5, 0.6) is 11.5 Å². The van der Waals surface area contributed by atoms with E-state index in [1.54, 1.807) is 0 Å². The summed E-state index contributed by atoms with van der Waals surface area (Å²) in [7, 11) is 1.47. The van der Waals surface area contributed by atoms with Crippen molar-refractivity contribution in [1.82, 2.24) is 10.3 Å². The summed E-state index contributed by atoms with van der Waals surface area (Å²) in [5, 5.41) is 7.49. The first kappa shape index (κ1) is 25.7. The molecule has 2 aromatic carbocycles. The molecule has 5 N–H and O–H groups in total. The van der Waals surface area contributed by atoms with E-state index >= 15 is 0 Å². The first-order valence-electron chi connectivity index (χ1n) is 9.17. The normalized spacial score (nSPS) is 10.7. The largest absolute Gasteiger partial charge is 0.457 e. The molecule has 33 heavy (non-hydrogen) atoms. The third-order valence-electron chi connectivity index (χ3n) is 4.21. The highest BCUT2D eigenvalue weighted by molar-refractivity contribution is 6.31. The number of nitrogens with one attached hydrogen (secondary N) is 3. The van der Waals surface area contributed by atoms with Crippen LogP contribution in [0.4, 0.5) is 28.9 Å². The van der Waals surface area contributed by atoms with E-state index < -0.39 is 28.5 Å². The van der Waals surface area contributed by atoms with Crippen molar-refractivity contribution in [3.05, 3.63) is 76.8 Å². The van der Waals surface area contributed by atoms with Gasteiger partial charge >= 0.3 is 6.18 Å². The predicted octanol–water partition coefficient (Wildman–Crippen LogP) is 4.70. The second-order valence-corrected chi connectivity index (χ2v) is 6.83. The van der Waals surface area contributed by atoms with Crippen molar-refractivity contribution in [2.75, 3.05) is 24.3 Å². The molecule has 0 fully saturated rings. The van der Waals surface area contributed by atoms with Gasteiger partial charge in [-0.2, -0.15) is 13.2 Å². The van der Waals surface area contributed by atoms with E-state index in [2.05, 4.69) is 20.9 Å². The number of hydrogen-bond donors (Lipinski definition) is 3. The van der Waals surface area contributed by atoms with Gasteiger partial charge in [-0.05, 0) is 36.4 Å². The van der Waals surface area contributed by atoms with Gasteiger partial charge in [-0.3, -0.25) is 9.78 Å². The molecule has 0 aliphatic heterocycles. The molecular weight excluding hydrogens is 468 g/mol. The zero-order chi connectivity index (χ0) is 23.3. The highest BCUT2D eigenvalue weighted by Gasteiger charge is 2.33. The zero-order valence-electron chi connectivity index (χ0n) is 17.1. The van der Waals surface area contributed by atoms with Gasteiger partial charge in [-0.25, -0.2) is 4.39 Å². The molecule has 12 heteroatoms. The number of rotatable bonds is 7. The molecule has 0 bridgehead atoms. The molecule has 0 radical (unpaired) electrons. The van der Waals surface area contributed by atoms with Gasteiger partial charge in [0, 0.05) is 31.1 Å². The lowest BCUT2D eigenvalue weighted by Crippen LogP contribution is -2.18. The zero-order valence-corrected chi connectivity index (χ0v) is 17.8. The number of nitrogens with zero attached hydrogens (tertiary/aromatic N) is 1. The molecule has 1 aromatic heterocycles. The molecular formula is C21H19ClF4N4O3. The fraction of sp³-hybridized carbons (Fsp3) is 0.143. The molecule has 3 aromatic rings. The Balaban J connectivity index is 0.00000385. The van der Waals surface area contributed by atoms with Crippen molar-refractivity contribution in [2.45, 2.75) is 6.18 Å². The van der Waals surface area contributed by atoms with Gasteiger partial charge in [0.05, 0.1) is 22.9 Å². The smallest absolute Gasteiger partial charge is 0.417 e. The monoisotopic (exact) mass is 486 g/mol. The number of halogens is 5. The number of benzene rings is 2.